The van der Waals surface area contributed by atoms with Crippen molar-refractivity contribution in [3.05, 3.63) is 58.7 Å². The van der Waals surface area contributed by atoms with Gasteiger partial charge in [0.15, 0.2) is 0 Å². The number of nitrogens with zero attached hydrogens (tertiary/aromatic N) is 2. The molecule has 1 N–H and O–H groups in total. The second kappa shape index (κ2) is 5.49. The SMILES string of the molecule is O=C(O)c1ccc(Br)c(Oc2nncc3ccccc23)c1. The fourth-order valence-corrected chi connectivity index (χ4v) is 2.22. The van der Waals surface area contributed by atoms with Crippen LogP contribution in [0.15, 0.2) is 53.1 Å². The fourth-order valence-electron chi connectivity index (χ4n) is 1.90. The summed E-state index contributed by atoms with van der Waals surface area (Å²) >= 11 is 3.33. The Labute approximate surface area is 128 Å². The van der Waals surface area contributed by atoms with E-state index < -0.39 is 5.97 Å². The quantitative estimate of drug-likeness (QED) is 0.780. The van der Waals surface area contributed by atoms with Gasteiger partial charge >= 0.3 is 5.97 Å². The van der Waals surface area contributed by atoms with Crippen LogP contribution in [0.5, 0.6) is 11.6 Å². The van der Waals surface area contributed by atoms with Gasteiger partial charge in [-0.15, -0.1) is 5.10 Å². The van der Waals surface area contributed by atoms with Crippen molar-refractivity contribution in [1.29, 1.82) is 0 Å². The highest BCUT2D eigenvalue weighted by Gasteiger charge is 2.11. The number of carbonyl (C=O) groups is 1. The molecule has 0 spiro atoms. The minimum Gasteiger partial charge on any atom is -0.478 e. The van der Waals surface area contributed by atoms with E-state index >= 15 is 0 Å². The lowest BCUT2D eigenvalue weighted by Crippen LogP contribution is -1.98. The third-order valence-corrected chi connectivity index (χ3v) is 3.58. The van der Waals surface area contributed by atoms with Gasteiger partial charge in [-0.2, -0.15) is 5.10 Å². The number of hydrogen-bond acceptors (Lipinski definition) is 4. The predicted molar refractivity (Wildman–Crippen MR) is 80.7 cm³/mol. The number of aromatic nitrogens is 2. The topological polar surface area (TPSA) is 72.3 Å². The Hall–Kier alpha value is -2.47. The van der Waals surface area contributed by atoms with Crippen LogP contribution >= 0.6 is 15.9 Å². The maximum atomic E-state index is 11.0. The smallest absolute Gasteiger partial charge is 0.335 e. The number of fused-ring (bicyclic) bond motifs is 1. The highest BCUT2D eigenvalue weighted by molar-refractivity contribution is 9.10. The van der Waals surface area contributed by atoms with Gasteiger partial charge < -0.3 is 9.84 Å². The summed E-state index contributed by atoms with van der Waals surface area (Å²) in [6.45, 7) is 0. The molecule has 0 bridgehead atoms. The van der Waals surface area contributed by atoms with Gasteiger partial charge in [0.2, 0.25) is 5.88 Å². The molecule has 0 unspecified atom stereocenters. The minimum atomic E-state index is -1.02. The van der Waals surface area contributed by atoms with Crippen LogP contribution in [-0.4, -0.2) is 21.3 Å². The number of benzene rings is 2. The van der Waals surface area contributed by atoms with Crippen LogP contribution in [0.1, 0.15) is 10.4 Å². The molecule has 2 aromatic carbocycles. The molecule has 3 rings (SSSR count). The fraction of sp³-hybridized carbons (Fsp3) is 0. The highest BCUT2D eigenvalue weighted by Crippen LogP contribution is 2.32. The van der Waals surface area contributed by atoms with E-state index in [0.29, 0.717) is 16.1 Å². The van der Waals surface area contributed by atoms with Gasteiger partial charge in [0.05, 0.1) is 16.2 Å². The van der Waals surface area contributed by atoms with Crippen LogP contribution in [0.3, 0.4) is 0 Å². The number of halogens is 1. The van der Waals surface area contributed by atoms with Crippen LogP contribution in [0.25, 0.3) is 10.8 Å². The maximum Gasteiger partial charge on any atom is 0.335 e. The van der Waals surface area contributed by atoms with E-state index in [0.717, 1.165) is 10.8 Å². The molecule has 1 heterocycles. The van der Waals surface area contributed by atoms with Crippen molar-refractivity contribution in [2.45, 2.75) is 0 Å². The summed E-state index contributed by atoms with van der Waals surface area (Å²) in [6, 6.07) is 12.1. The summed E-state index contributed by atoms with van der Waals surface area (Å²) in [5.74, 6) is -0.312. The van der Waals surface area contributed by atoms with E-state index in [9.17, 15) is 4.79 Å². The number of rotatable bonds is 3. The Balaban J connectivity index is 2.06. The Morgan fingerprint density at radius 2 is 2.00 bits per heavy atom. The largest absolute Gasteiger partial charge is 0.478 e. The number of hydrogen-bond donors (Lipinski definition) is 1. The van der Waals surface area contributed by atoms with Gasteiger partial charge in [-0.25, -0.2) is 4.79 Å². The van der Waals surface area contributed by atoms with E-state index in [1.165, 1.54) is 12.1 Å². The molecule has 104 valence electrons. The lowest BCUT2D eigenvalue weighted by atomic mass is 10.2. The van der Waals surface area contributed by atoms with Gasteiger partial charge in [0.1, 0.15) is 5.75 Å². The number of aromatic carboxylic acids is 1. The maximum absolute atomic E-state index is 11.0. The molecular formula is C15H9BrN2O3. The third-order valence-electron chi connectivity index (χ3n) is 2.92. The minimum absolute atomic E-state index is 0.140. The summed E-state index contributed by atoms with van der Waals surface area (Å²) in [7, 11) is 0. The third kappa shape index (κ3) is 2.71. The molecule has 0 radical (unpaired) electrons. The number of carboxylic acids is 1. The molecule has 0 saturated carbocycles. The van der Waals surface area contributed by atoms with Crippen molar-refractivity contribution in [1.82, 2.24) is 10.2 Å². The van der Waals surface area contributed by atoms with E-state index in [1.807, 2.05) is 24.3 Å². The normalized spacial score (nSPS) is 10.5. The Kier molecular flexibility index (Phi) is 3.53. The van der Waals surface area contributed by atoms with E-state index in [4.69, 9.17) is 9.84 Å². The molecule has 21 heavy (non-hydrogen) atoms. The van der Waals surface area contributed by atoms with Crippen LogP contribution < -0.4 is 4.74 Å². The molecular weight excluding hydrogens is 336 g/mol. The molecule has 3 aromatic rings. The lowest BCUT2D eigenvalue weighted by Gasteiger charge is -2.09. The van der Waals surface area contributed by atoms with Gasteiger partial charge in [0, 0.05) is 10.8 Å². The zero-order valence-corrected chi connectivity index (χ0v) is 12.2. The second-order valence-corrected chi connectivity index (χ2v) is 5.14. The van der Waals surface area contributed by atoms with E-state index in [-0.39, 0.29) is 5.56 Å². The average Bonchev–Trinajstić information content (AvgIpc) is 2.49. The first kappa shape index (κ1) is 13.5. The second-order valence-electron chi connectivity index (χ2n) is 4.29. The molecule has 0 atom stereocenters. The van der Waals surface area contributed by atoms with Crippen LogP contribution in [-0.2, 0) is 0 Å². The van der Waals surface area contributed by atoms with E-state index in [2.05, 4.69) is 26.1 Å². The van der Waals surface area contributed by atoms with Crippen molar-refractivity contribution in [3.63, 3.8) is 0 Å². The van der Waals surface area contributed by atoms with Crippen LogP contribution in [0.4, 0.5) is 0 Å². The van der Waals surface area contributed by atoms with Crippen molar-refractivity contribution >= 4 is 32.7 Å². The summed E-state index contributed by atoms with van der Waals surface area (Å²) in [6.07, 6.45) is 1.64. The van der Waals surface area contributed by atoms with Crippen molar-refractivity contribution in [2.24, 2.45) is 0 Å². The Bertz CT molecular complexity index is 831. The van der Waals surface area contributed by atoms with Gasteiger partial charge in [0.25, 0.3) is 0 Å². The first-order chi connectivity index (χ1) is 10.1. The van der Waals surface area contributed by atoms with Crippen LogP contribution in [0.2, 0.25) is 0 Å². The summed E-state index contributed by atoms with van der Waals surface area (Å²) in [5.41, 5.74) is 0.140. The molecule has 6 heteroatoms. The predicted octanol–water partition coefficient (Wildman–Crippen LogP) is 3.88. The van der Waals surface area contributed by atoms with Crippen molar-refractivity contribution in [2.75, 3.05) is 0 Å². The molecule has 0 amide bonds. The van der Waals surface area contributed by atoms with Crippen LogP contribution in [0, 0.1) is 0 Å². The molecule has 0 aliphatic rings. The number of carboxylic acid groups (broad SMARTS) is 1. The lowest BCUT2D eigenvalue weighted by molar-refractivity contribution is 0.0696. The Morgan fingerprint density at radius 3 is 2.81 bits per heavy atom. The monoisotopic (exact) mass is 344 g/mol. The zero-order valence-electron chi connectivity index (χ0n) is 10.7. The van der Waals surface area contributed by atoms with Crippen molar-refractivity contribution in [3.8, 4) is 11.6 Å². The first-order valence-corrected chi connectivity index (χ1v) is 6.85. The van der Waals surface area contributed by atoms with Gasteiger partial charge in [-0.05, 0) is 40.2 Å². The Morgan fingerprint density at radius 1 is 1.19 bits per heavy atom. The van der Waals surface area contributed by atoms with Crippen molar-refractivity contribution < 1.29 is 14.6 Å². The summed E-state index contributed by atoms with van der Waals surface area (Å²) < 4.78 is 6.37. The first-order valence-electron chi connectivity index (χ1n) is 6.06. The average molecular weight is 345 g/mol. The summed E-state index contributed by atoms with van der Waals surface area (Å²) in [5, 5.41) is 18.6. The number of ether oxygens (including phenoxy) is 1. The van der Waals surface area contributed by atoms with Gasteiger partial charge in [-0.3, -0.25) is 0 Å². The van der Waals surface area contributed by atoms with E-state index in [1.54, 1.807) is 12.3 Å². The molecule has 1 aromatic heterocycles. The highest BCUT2D eigenvalue weighted by atomic mass is 79.9. The molecule has 5 nitrogen and oxygen atoms in total. The molecule has 0 fully saturated rings. The summed E-state index contributed by atoms with van der Waals surface area (Å²) in [4.78, 5) is 11.0. The van der Waals surface area contributed by atoms with Gasteiger partial charge in [-0.1, -0.05) is 18.2 Å². The molecule has 0 aliphatic carbocycles. The molecule has 0 saturated heterocycles. The standard InChI is InChI=1S/C15H9BrN2O3/c16-12-6-5-9(15(19)20)7-13(12)21-14-11-4-2-1-3-10(11)8-17-18-14/h1-8H,(H,19,20). The zero-order chi connectivity index (χ0) is 14.8. The molecule has 0 aliphatic heterocycles.